The Morgan fingerprint density at radius 3 is 1.18 bits per heavy atom. The Kier molecular flexibility index (Phi) is 19.9. The number of benzene rings is 4. The van der Waals surface area contributed by atoms with E-state index in [0.717, 1.165) is 27.8 Å². The van der Waals surface area contributed by atoms with Crippen LogP contribution in [0.1, 0.15) is 178 Å². The fraction of sp³-hybridized carbons (Fsp3) is 0.641. The molecule has 14 atom stereocenters. The number of hydrogen-bond donors (Lipinski definition) is 4. The van der Waals surface area contributed by atoms with Gasteiger partial charge < -0.3 is 39.4 Å². The van der Waals surface area contributed by atoms with Crippen LogP contribution in [0.15, 0.2) is 146 Å². The summed E-state index contributed by atoms with van der Waals surface area (Å²) in [4.78, 5) is 0.602. The van der Waals surface area contributed by atoms with Crippen LogP contribution in [0, 0.1) is 59.2 Å². The minimum absolute atomic E-state index is 0.00889. The van der Waals surface area contributed by atoms with Crippen molar-refractivity contribution in [1.82, 2.24) is 0 Å². The summed E-state index contributed by atoms with van der Waals surface area (Å²) in [6, 6.07) is 25.2. The highest BCUT2D eigenvalue weighted by Gasteiger charge is 2.81. The van der Waals surface area contributed by atoms with E-state index in [-0.39, 0.29) is 83.3 Å². The number of fused-ring (bicyclic) bond motifs is 8. The number of ether oxygens (including phenoxy) is 4. The summed E-state index contributed by atoms with van der Waals surface area (Å²) >= 11 is 0. The average Bonchev–Trinajstić information content (AvgIpc) is 1.60. The monoisotopic (exact) mass is 1590 g/mol. The Balaban J connectivity index is 0.000000189. The molecule has 15 nitrogen and oxygen atoms in total. The smallest absolute Gasteiger partial charge is 0.385 e. The fourth-order valence-corrected chi connectivity index (χ4v) is 26.6. The molecule has 590 valence electrons. The van der Waals surface area contributed by atoms with E-state index in [2.05, 4.69) is 7.54 Å². The van der Waals surface area contributed by atoms with Crippen molar-refractivity contribution in [3.63, 3.8) is 0 Å². The van der Waals surface area contributed by atoms with E-state index in [1.807, 2.05) is 34.6 Å². The van der Waals surface area contributed by atoms with Gasteiger partial charge in [0.2, 0.25) is 0 Å². The van der Waals surface area contributed by atoms with Crippen LogP contribution in [0.2, 0.25) is 0 Å². The lowest BCUT2D eigenvalue weighted by Gasteiger charge is -2.59. The first kappa shape index (κ1) is 80.4. The van der Waals surface area contributed by atoms with Gasteiger partial charge in [-0.3, -0.25) is 0 Å². The van der Waals surface area contributed by atoms with Gasteiger partial charge in [0.25, 0.3) is 20.0 Å². The molecule has 10 aliphatic rings. The molecule has 0 aromatic heterocycles. The van der Waals surface area contributed by atoms with Crippen molar-refractivity contribution in [1.29, 1.82) is 0 Å². The van der Waals surface area contributed by atoms with Crippen LogP contribution in [-0.4, -0.2) is 139 Å². The minimum Gasteiger partial charge on any atom is -0.385 e. The van der Waals surface area contributed by atoms with Gasteiger partial charge in [0.05, 0.1) is 57.1 Å². The van der Waals surface area contributed by atoms with Gasteiger partial charge in [0.1, 0.15) is 11.2 Å². The second kappa shape index (κ2) is 26.5. The molecular weight excluding hydrogens is 1490 g/mol. The van der Waals surface area contributed by atoms with Crippen LogP contribution >= 0.6 is 0 Å². The first-order chi connectivity index (χ1) is 49.3. The average molecular weight is 1590 g/mol. The molecule has 6 saturated carbocycles. The highest BCUT2D eigenvalue weighted by molar-refractivity contribution is 8.03. The standard InChI is InChI=1S/C39H48F5NO7S2.C39H48F5NO6S2/c1-24-6-10-27(11-7-24)54(49,50)45-53(5,48)26-12-8-25(9-13-26)29-20-34(4)30(16-19-37(34,47)38(40,41)39(42,43)44)28-14-17-35(46)21-36(18-15-31(35)32(28)29)51-22-33(2,3)23-52-36;1-24-6-12-27(13-7-24)53(48,49)45-52(5)26-10-8-25(9-11-26)29-20-34(4)30(16-19-37(34,47)38(40,41)39(42,43)44)28-14-17-35(46)21-36(18-15-31(35)32(28)29)50-22-33(2,3)23-51-36/h6-13,28-30,46-47H,14-23H2,1-5H3;6-13,28-30,46-47H,14-23H2,1-5H3/t28?,29-,30?,34+,35-,37+,53-;28?,29-,30?,34+,35-,37+,52+/m11/s1. The summed E-state index contributed by atoms with van der Waals surface area (Å²) in [7, 11) is -12.9. The van der Waals surface area contributed by atoms with Crippen molar-refractivity contribution >= 4 is 40.5 Å². The Hall–Kier alpha value is -4.66. The van der Waals surface area contributed by atoms with Crippen LogP contribution in [0.3, 0.4) is 0 Å². The molecule has 4 aromatic carbocycles. The number of allylic oxidation sites excluding steroid dienone is 2. The summed E-state index contributed by atoms with van der Waals surface area (Å²) in [5.74, 6) is -16.6. The van der Waals surface area contributed by atoms with Crippen molar-refractivity contribution in [3.05, 3.63) is 142 Å². The van der Waals surface area contributed by atoms with E-state index in [1.165, 1.54) is 56.5 Å². The van der Waals surface area contributed by atoms with Crippen LogP contribution in [0.25, 0.3) is 0 Å². The van der Waals surface area contributed by atoms with E-state index in [1.54, 1.807) is 73.8 Å². The Morgan fingerprint density at radius 1 is 0.467 bits per heavy atom. The molecule has 8 fully saturated rings. The predicted molar refractivity (Wildman–Crippen MR) is 381 cm³/mol. The number of nitrogens with zero attached hydrogens (tertiary/aromatic N) is 2. The summed E-state index contributed by atoms with van der Waals surface area (Å²) in [5.41, 5.74) is -7.62. The van der Waals surface area contributed by atoms with Gasteiger partial charge in [0.15, 0.2) is 11.6 Å². The molecule has 2 spiro atoms. The zero-order chi connectivity index (χ0) is 78.2. The second-order valence-electron chi connectivity index (χ2n) is 34.5. The number of hydrogen-bond acceptors (Lipinski definition) is 13. The van der Waals surface area contributed by atoms with Gasteiger partial charge in [-0.1, -0.05) is 123 Å². The number of rotatable bonds is 10. The largest absolute Gasteiger partial charge is 0.456 e. The third kappa shape index (κ3) is 13.5. The number of aryl methyl sites for hydroxylation is 2. The summed E-state index contributed by atoms with van der Waals surface area (Å²) in [5, 5.41) is 48.1. The van der Waals surface area contributed by atoms with Crippen molar-refractivity contribution < 1.29 is 104 Å². The lowest BCUT2D eigenvalue weighted by Crippen LogP contribution is -2.65. The maximum atomic E-state index is 15.5. The minimum atomic E-state index is -5.99. The van der Waals surface area contributed by atoms with Crippen LogP contribution in [0.5, 0.6) is 0 Å². The summed E-state index contributed by atoms with van der Waals surface area (Å²) in [6.07, 6.45) is -8.01. The maximum Gasteiger partial charge on any atom is 0.456 e. The van der Waals surface area contributed by atoms with E-state index in [0.29, 0.717) is 80.1 Å². The summed E-state index contributed by atoms with van der Waals surface area (Å²) < 4.78 is 245. The first-order valence-corrected chi connectivity index (χ1v) is 42.9. The second-order valence-corrected chi connectivity index (χ2v) is 42.1. The number of alkyl halides is 10. The van der Waals surface area contributed by atoms with E-state index < -0.39 is 158 Å². The molecule has 4 N–H and O–H groups in total. The zero-order valence-corrected chi connectivity index (χ0v) is 64.9. The van der Waals surface area contributed by atoms with Crippen LogP contribution in [-0.2, 0) is 59.4 Å². The maximum absolute atomic E-state index is 15.5. The molecule has 8 aliphatic carbocycles. The fourth-order valence-electron chi connectivity index (χ4n) is 20.4. The molecular formula is C78H96F10N2O13S4. The molecule has 2 saturated heterocycles. The Bertz CT molecular complexity index is 4600. The molecule has 4 aromatic rings. The topological polar surface area (TPSA) is 228 Å². The quantitative estimate of drug-likeness (QED) is 0.0857. The third-order valence-corrected chi connectivity index (χ3v) is 33.7. The highest BCUT2D eigenvalue weighted by Crippen LogP contribution is 2.74. The molecule has 14 rings (SSSR count). The number of aliphatic hydroxyl groups is 4. The lowest BCUT2D eigenvalue weighted by molar-refractivity contribution is -0.362. The molecule has 2 aliphatic heterocycles. The van der Waals surface area contributed by atoms with Crippen LogP contribution in [0.4, 0.5) is 43.9 Å². The van der Waals surface area contributed by atoms with Gasteiger partial charge in [-0.25, -0.2) is 4.21 Å². The molecule has 0 radical (unpaired) electrons. The Morgan fingerprint density at radius 2 is 0.813 bits per heavy atom. The summed E-state index contributed by atoms with van der Waals surface area (Å²) in [6.45, 7) is 16.2. The molecule has 29 heteroatoms. The van der Waals surface area contributed by atoms with Gasteiger partial charge in [-0.15, -0.1) is 7.54 Å². The number of halogens is 10. The normalized spacial score (nSPS) is 34.8. The van der Waals surface area contributed by atoms with Crippen molar-refractivity contribution in [3.8, 4) is 0 Å². The van der Waals surface area contributed by atoms with Crippen molar-refractivity contribution in [2.45, 2.75) is 248 Å². The van der Waals surface area contributed by atoms with Crippen LogP contribution < -0.4 is 0 Å². The van der Waals surface area contributed by atoms with Crippen molar-refractivity contribution in [2.75, 3.05) is 38.9 Å². The first-order valence-electron chi connectivity index (χ1n) is 36.5. The SMILES string of the molecule is Cc1ccc(S(=O)(=O)N=[S@@](C)c2ccc([C@H]3C[C@@]4(C)C(CC[C@@]4(O)C(F)(F)C(F)(F)F)C4CC[C@@]5(O)CC6(CCC5=C43)OCC(C)(C)CO6)cc2)cc1.Cc1ccc(S(=O)(=O)N=[S@](C)(=O)c2ccc([C@H]3C[C@@]4(C)C(CC[C@@]4(O)C(F)(F)C(F)(F)F)C4CC[C@@]5(O)CC6(CCC5=C43)OCC(C)(C)CO6)cc2)cc1. The van der Waals surface area contributed by atoms with Gasteiger partial charge in [0, 0.05) is 75.2 Å². The Labute approximate surface area is 622 Å². The van der Waals surface area contributed by atoms with Crippen molar-refractivity contribution in [2.24, 2.45) is 52.9 Å². The molecule has 107 heavy (non-hydrogen) atoms. The van der Waals surface area contributed by atoms with Gasteiger partial charge in [-0.2, -0.15) is 60.7 Å². The van der Waals surface area contributed by atoms with E-state index >= 15 is 17.6 Å². The van der Waals surface area contributed by atoms with Gasteiger partial charge in [-0.05, 0) is 192 Å². The number of sulfonamides is 2. The zero-order valence-electron chi connectivity index (χ0n) is 61.6. The van der Waals surface area contributed by atoms with E-state index in [9.17, 15) is 67.8 Å². The van der Waals surface area contributed by atoms with Gasteiger partial charge >= 0.3 is 24.2 Å². The lowest BCUT2D eigenvalue weighted by atomic mass is 9.49. The molecule has 0 amide bonds. The molecule has 2 heterocycles. The van der Waals surface area contributed by atoms with E-state index in [4.69, 9.17) is 18.9 Å². The predicted octanol–water partition coefficient (Wildman–Crippen LogP) is 16.5. The molecule has 0 bridgehead atoms. The molecule has 4 unspecified atom stereocenters. The third-order valence-electron chi connectivity index (χ3n) is 26.2. The highest BCUT2D eigenvalue weighted by atomic mass is 32.3.